The third kappa shape index (κ3) is 22.0. The standard InChI is InChI=1S/C34H50F3NO12/c35-34(36,37)29-4-3-5-30(28-29)38-32-7-2-1-6-31(32)33(40)50-27-26-49-25-24-48-23-22-47-21-20-46-19-18-45-17-16-44-15-14-43-13-12-42-11-10-41-9-8-39/h1-7,28,38-39H,8-27H2. The smallest absolute Gasteiger partial charge is 0.416 e. The number of hydrogen-bond acceptors (Lipinski definition) is 13. The topological polar surface area (TPSA) is 142 Å². The van der Waals surface area contributed by atoms with Crippen LogP contribution in [0, 0.1) is 0 Å². The molecule has 50 heavy (non-hydrogen) atoms. The van der Waals surface area contributed by atoms with Gasteiger partial charge < -0.3 is 57.8 Å². The first-order valence-electron chi connectivity index (χ1n) is 16.4. The maximum absolute atomic E-state index is 13.0. The predicted molar refractivity (Wildman–Crippen MR) is 176 cm³/mol. The fourth-order valence-corrected chi connectivity index (χ4v) is 3.90. The molecule has 284 valence electrons. The van der Waals surface area contributed by atoms with Crippen molar-refractivity contribution in [2.75, 3.05) is 137 Å². The zero-order chi connectivity index (χ0) is 36.0. The number of para-hydroxylation sites is 1. The van der Waals surface area contributed by atoms with Crippen LogP contribution in [0.1, 0.15) is 15.9 Å². The van der Waals surface area contributed by atoms with Gasteiger partial charge >= 0.3 is 12.1 Å². The quantitative estimate of drug-likeness (QED) is 0.0838. The molecule has 16 heteroatoms. The molecular weight excluding hydrogens is 671 g/mol. The average Bonchev–Trinajstić information content (AvgIpc) is 3.11. The Bertz CT molecular complexity index is 1130. The molecule has 2 N–H and O–H groups in total. The summed E-state index contributed by atoms with van der Waals surface area (Å²) in [6.45, 7) is 7.41. The van der Waals surface area contributed by atoms with Crippen molar-refractivity contribution in [3.05, 3.63) is 59.7 Å². The van der Waals surface area contributed by atoms with Gasteiger partial charge in [-0.2, -0.15) is 13.2 Å². The van der Waals surface area contributed by atoms with E-state index in [1.54, 1.807) is 18.2 Å². The van der Waals surface area contributed by atoms with E-state index in [1.165, 1.54) is 18.2 Å². The summed E-state index contributed by atoms with van der Waals surface area (Å²) in [5, 5.41) is 11.4. The molecule has 0 aliphatic heterocycles. The molecule has 0 bridgehead atoms. The lowest BCUT2D eigenvalue weighted by molar-refractivity contribution is -0.137. The van der Waals surface area contributed by atoms with Gasteiger partial charge in [-0.25, -0.2) is 4.79 Å². The molecule has 0 spiro atoms. The molecular formula is C34H50F3NO12. The van der Waals surface area contributed by atoms with Crippen LogP contribution in [-0.4, -0.2) is 143 Å². The van der Waals surface area contributed by atoms with Gasteiger partial charge in [0.15, 0.2) is 0 Å². The first-order valence-corrected chi connectivity index (χ1v) is 16.4. The van der Waals surface area contributed by atoms with E-state index < -0.39 is 17.7 Å². The number of nitrogens with one attached hydrogen (secondary N) is 1. The van der Waals surface area contributed by atoms with Crippen molar-refractivity contribution < 1.29 is 70.4 Å². The number of benzene rings is 2. The highest BCUT2D eigenvalue weighted by atomic mass is 19.4. The lowest BCUT2D eigenvalue weighted by Gasteiger charge is -2.13. The van der Waals surface area contributed by atoms with Gasteiger partial charge in [0.1, 0.15) is 6.61 Å². The molecule has 0 fully saturated rings. The average molecular weight is 722 g/mol. The number of esters is 1. The summed E-state index contributed by atoms with van der Waals surface area (Å²) in [6.07, 6.45) is -4.48. The van der Waals surface area contributed by atoms with Gasteiger partial charge in [0.25, 0.3) is 0 Å². The van der Waals surface area contributed by atoms with Crippen LogP contribution in [0.3, 0.4) is 0 Å². The summed E-state index contributed by atoms with van der Waals surface area (Å²) >= 11 is 0. The lowest BCUT2D eigenvalue weighted by Crippen LogP contribution is -2.16. The van der Waals surface area contributed by atoms with E-state index >= 15 is 0 Å². The normalized spacial score (nSPS) is 11.6. The van der Waals surface area contributed by atoms with Crippen molar-refractivity contribution in [2.45, 2.75) is 6.18 Å². The molecule has 0 aliphatic rings. The van der Waals surface area contributed by atoms with Crippen LogP contribution in [-0.2, 0) is 53.5 Å². The number of alkyl halides is 3. The van der Waals surface area contributed by atoms with E-state index in [1.807, 2.05) is 0 Å². The Morgan fingerprint density at radius 1 is 0.540 bits per heavy atom. The van der Waals surface area contributed by atoms with Crippen LogP contribution in [0.25, 0.3) is 0 Å². The van der Waals surface area contributed by atoms with E-state index in [9.17, 15) is 18.0 Å². The molecule has 0 saturated carbocycles. The number of aliphatic hydroxyl groups excluding tert-OH is 1. The first-order chi connectivity index (χ1) is 24.4. The van der Waals surface area contributed by atoms with Gasteiger partial charge in [-0.1, -0.05) is 18.2 Å². The Morgan fingerprint density at radius 2 is 0.940 bits per heavy atom. The van der Waals surface area contributed by atoms with Gasteiger partial charge in [0.2, 0.25) is 0 Å². The summed E-state index contributed by atoms with van der Waals surface area (Å²) in [4.78, 5) is 12.6. The van der Waals surface area contributed by atoms with Gasteiger partial charge in [-0.3, -0.25) is 0 Å². The van der Waals surface area contributed by atoms with E-state index in [-0.39, 0.29) is 31.1 Å². The van der Waals surface area contributed by atoms with E-state index in [0.29, 0.717) is 118 Å². The zero-order valence-electron chi connectivity index (χ0n) is 28.3. The third-order valence-corrected chi connectivity index (χ3v) is 6.29. The SMILES string of the molecule is O=C(OCCOCCOCCOCCOCCOCCOCCOCCOCCOCCO)c1ccccc1Nc1cccc(C(F)(F)F)c1. The fraction of sp³-hybridized carbons (Fsp3) is 0.618. The van der Waals surface area contributed by atoms with Crippen molar-refractivity contribution in [3.63, 3.8) is 0 Å². The van der Waals surface area contributed by atoms with Gasteiger partial charge in [-0.15, -0.1) is 0 Å². The van der Waals surface area contributed by atoms with E-state index in [0.717, 1.165) is 12.1 Å². The Labute approximate surface area is 291 Å². The minimum absolute atomic E-state index is 0.00320. The fourth-order valence-electron chi connectivity index (χ4n) is 3.90. The van der Waals surface area contributed by atoms with Crippen LogP contribution in [0.4, 0.5) is 24.5 Å². The molecule has 2 aromatic rings. The number of carbonyl (C=O) groups is 1. The number of aliphatic hydroxyl groups is 1. The molecule has 2 rings (SSSR count). The molecule has 2 aromatic carbocycles. The van der Waals surface area contributed by atoms with Crippen LogP contribution in [0.5, 0.6) is 0 Å². The monoisotopic (exact) mass is 721 g/mol. The van der Waals surface area contributed by atoms with Crippen molar-refractivity contribution >= 4 is 17.3 Å². The first kappa shape index (κ1) is 43.3. The minimum atomic E-state index is -4.48. The number of carbonyl (C=O) groups excluding carboxylic acids is 1. The molecule has 0 amide bonds. The summed E-state index contributed by atoms with van der Waals surface area (Å²) in [6, 6.07) is 11.1. The molecule has 0 aromatic heterocycles. The summed E-state index contributed by atoms with van der Waals surface area (Å²) in [5.74, 6) is -0.630. The van der Waals surface area contributed by atoms with Gasteiger partial charge in [0, 0.05) is 5.69 Å². The Balaban J connectivity index is 1.33. The highest BCUT2D eigenvalue weighted by Crippen LogP contribution is 2.32. The van der Waals surface area contributed by atoms with Crippen LogP contribution >= 0.6 is 0 Å². The summed E-state index contributed by atoms with van der Waals surface area (Å²) < 4.78 is 92.8. The van der Waals surface area contributed by atoms with Crippen molar-refractivity contribution in [2.24, 2.45) is 0 Å². The number of hydrogen-bond donors (Lipinski definition) is 2. The molecule has 0 aliphatic carbocycles. The van der Waals surface area contributed by atoms with Gasteiger partial charge in [0.05, 0.1) is 142 Å². The largest absolute Gasteiger partial charge is 0.460 e. The number of halogens is 3. The minimum Gasteiger partial charge on any atom is -0.460 e. The molecule has 13 nitrogen and oxygen atoms in total. The number of rotatable bonds is 32. The van der Waals surface area contributed by atoms with Crippen molar-refractivity contribution in [1.29, 1.82) is 0 Å². The second kappa shape index (κ2) is 28.8. The van der Waals surface area contributed by atoms with Gasteiger partial charge in [-0.05, 0) is 30.3 Å². The maximum Gasteiger partial charge on any atom is 0.416 e. The lowest BCUT2D eigenvalue weighted by atomic mass is 10.1. The second-order valence-electron chi connectivity index (χ2n) is 10.1. The van der Waals surface area contributed by atoms with Crippen LogP contribution in [0.15, 0.2) is 48.5 Å². The Morgan fingerprint density at radius 3 is 1.36 bits per heavy atom. The summed E-state index contributed by atoms with van der Waals surface area (Å²) in [5.41, 5.74) is -0.0967. The molecule has 0 heterocycles. The number of anilines is 2. The van der Waals surface area contributed by atoms with E-state index in [4.69, 9.17) is 52.5 Å². The molecule has 0 radical (unpaired) electrons. The molecule has 0 atom stereocenters. The van der Waals surface area contributed by atoms with Crippen molar-refractivity contribution in [3.8, 4) is 0 Å². The van der Waals surface area contributed by atoms with Crippen molar-refractivity contribution in [1.82, 2.24) is 0 Å². The highest BCUT2D eigenvalue weighted by Gasteiger charge is 2.30. The Hall–Kier alpha value is -2.90. The predicted octanol–water partition coefficient (Wildman–Crippen LogP) is 3.75. The number of ether oxygens (including phenoxy) is 10. The third-order valence-electron chi connectivity index (χ3n) is 6.29. The Kier molecular flexibility index (Phi) is 24.9. The second-order valence-corrected chi connectivity index (χ2v) is 10.1. The summed E-state index contributed by atoms with van der Waals surface area (Å²) in [7, 11) is 0. The zero-order valence-corrected chi connectivity index (χ0v) is 28.3. The maximum atomic E-state index is 13.0. The highest BCUT2D eigenvalue weighted by molar-refractivity contribution is 5.96. The van der Waals surface area contributed by atoms with E-state index in [2.05, 4.69) is 5.32 Å². The molecule has 0 saturated heterocycles. The van der Waals surface area contributed by atoms with Crippen LogP contribution < -0.4 is 5.32 Å². The molecule has 0 unspecified atom stereocenters. The van der Waals surface area contributed by atoms with Crippen LogP contribution in [0.2, 0.25) is 0 Å².